The first-order valence-corrected chi connectivity index (χ1v) is 14.7. The van der Waals surface area contributed by atoms with Crippen molar-refractivity contribution in [2.24, 2.45) is 0 Å². The molecule has 0 bridgehead atoms. The molecule has 0 saturated carbocycles. The van der Waals surface area contributed by atoms with E-state index in [0.717, 1.165) is 70.0 Å². The first kappa shape index (κ1) is 25.5. The van der Waals surface area contributed by atoms with Gasteiger partial charge in [-0.2, -0.15) is 5.10 Å². The van der Waals surface area contributed by atoms with Gasteiger partial charge in [0.1, 0.15) is 12.4 Å². The molecule has 5 aromatic rings. The van der Waals surface area contributed by atoms with Gasteiger partial charge in [-0.1, -0.05) is 42.2 Å². The number of fused-ring (bicyclic) bond motifs is 2. The minimum atomic E-state index is -0.203. The second-order valence-corrected chi connectivity index (χ2v) is 11.5. The van der Waals surface area contributed by atoms with E-state index in [-0.39, 0.29) is 18.2 Å². The van der Waals surface area contributed by atoms with Crippen molar-refractivity contribution in [1.29, 1.82) is 0 Å². The van der Waals surface area contributed by atoms with Gasteiger partial charge in [0.25, 0.3) is 0 Å². The molecule has 7 rings (SSSR count). The van der Waals surface area contributed by atoms with Crippen LogP contribution < -0.4 is 10.6 Å². The Morgan fingerprint density at radius 3 is 2.88 bits per heavy atom. The maximum Gasteiger partial charge on any atom is 0.410 e. The van der Waals surface area contributed by atoms with E-state index in [1.165, 1.54) is 5.56 Å². The Hall–Kier alpha value is -4.46. The average Bonchev–Trinajstić information content (AvgIpc) is 3.80. The van der Waals surface area contributed by atoms with Crippen LogP contribution in [-0.2, 0) is 11.3 Å². The van der Waals surface area contributed by atoms with Gasteiger partial charge in [-0.25, -0.2) is 14.8 Å². The fourth-order valence-electron chi connectivity index (χ4n) is 5.37. The number of hydrogen-bond donors (Lipinski definition) is 2. The van der Waals surface area contributed by atoms with Crippen LogP contribution in [0.5, 0.6) is 0 Å². The first-order chi connectivity index (χ1) is 20.2. The summed E-state index contributed by atoms with van der Waals surface area (Å²) in [5.41, 5.74) is 4.08. The Labute approximate surface area is 241 Å². The summed E-state index contributed by atoms with van der Waals surface area (Å²) in [5, 5.41) is 12.5. The molecule has 1 amide bonds. The molecule has 41 heavy (non-hydrogen) atoms. The molecule has 0 aliphatic carbocycles. The van der Waals surface area contributed by atoms with Crippen molar-refractivity contribution < 1.29 is 9.53 Å². The Bertz CT molecular complexity index is 1770. The molecule has 2 atom stereocenters. The summed E-state index contributed by atoms with van der Waals surface area (Å²) in [6.45, 7) is 2.94. The van der Waals surface area contributed by atoms with E-state index in [1.54, 1.807) is 22.6 Å². The summed E-state index contributed by atoms with van der Waals surface area (Å²) in [6, 6.07) is 18.5. The number of ether oxygens (including phenoxy) is 1. The molecule has 2 N–H and O–H groups in total. The molecule has 5 heterocycles. The smallest absolute Gasteiger partial charge is 0.410 e. The quantitative estimate of drug-likeness (QED) is 0.286. The summed E-state index contributed by atoms with van der Waals surface area (Å²) in [6.07, 6.45) is 5.92. The van der Waals surface area contributed by atoms with Crippen LogP contribution in [0.2, 0.25) is 0 Å². The highest BCUT2D eigenvalue weighted by Crippen LogP contribution is 2.31. The summed E-state index contributed by atoms with van der Waals surface area (Å²) in [5.74, 6) is 7.35. The van der Waals surface area contributed by atoms with Crippen LogP contribution in [0.3, 0.4) is 0 Å². The minimum Gasteiger partial charge on any atom is -0.445 e. The highest BCUT2D eigenvalue weighted by molar-refractivity contribution is 7.20. The number of nitrogens with one attached hydrogen (secondary N) is 2. The second kappa shape index (κ2) is 11.2. The number of benzene rings is 2. The largest absolute Gasteiger partial charge is 0.445 e. The molecular weight excluding hydrogens is 534 g/mol. The van der Waals surface area contributed by atoms with Gasteiger partial charge in [-0.15, -0.1) is 11.3 Å². The predicted octanol–water partition coefficient (Wildman–Crippen LogP) is 5.15. The van der Waals surface area contributed by atoms with Crippen LogP contribution in [0.4, 0.5) is 16.3 Å². The van der Waals surface area contributed by atoms with Crippen LogP contribution in [0.15, 0.2) is 67.1 Å². The van der Waals surface area contributed by atoms with Gasteiger partial charge in [0.05, 0.1) is 39.4 Å². The fraction of sp³-hybridized carbons (Fsp3) is 0.290. The van der Waals surface area contributed by atoms with Crippen molar-refractivity contribution in [2.45, 2.75) is 38.0 Å². The number of anilines is 2. The molecule has 2 aliphatic heterocycles. The summed E-state index contributed by atoms with van der Waals surface area (Å²) in [7, 11) is 0. The van der Waals surface area contributed by atoms with E-state index >= 15 is 0 Å². The first-order valence-electron chi connectivity index (χ1n) is 13.9. The minimum absolute atomic E-state index is 0.0187. The lowest BCUT2D eigenvalue weighted by Gasteiger charge is -2.18. The molecule has 2 fully saturated rings. The lowest BCUT2D eigenvalue weighted by molar-refractivity contribution is 0.0763. The van der Waals surface area contributed by atoms with Crippen LogP contribution in [0, 0.1) is 11.8 Å². The van der Waals surface area contributed by atoms with E-state index in [1.807, 2.05) is 41.2 Å². The Morgan fingerprint density at radius 1 is 1.12 bits per heavy atom. The van der Waals surface area contributed by atoms with Gasteiger partial charge in [-0.3, -0.25) is 10.00 Å². The average molecular weight is 564 g/mol. The molecule has 0 unspecified atom stereocenters. The van der Waals surface area contributed by atoms with E-state index < -0.39 is 0 Å². The zero-order valence-electron chi connectivity index (χ0n) is 22.4. The highest BCUT2D eigenvalue weighted by Gasteiger charge is 2.28. The second-order valence-electron chi connectivity index (χ2n) is 10.4. The van der Waals surface area contributed by atoms with Gasteiger partial charge >= 0.3 is 6.09 Å². The van der Waals surface area contributed by atoms with E-state index in [4.69, 9.17) is 4.74 Å². The van der Waals surface area contributed by atoms with Gasteiger partial charge in [0, 0.05) is 37.1 Å². The fourth-order valence-corrected chi connectivity index (χ4v) is 6.28. The van der Waals surface area contributed by atoms with Gasteiger partial charge < -0.3 is 15.0 Å². The van der Waals surface area contributed by atoms with Crippen LogP contribution in [-0.4, -0.2) is 62.5 Å². The van der Waals surface area contributed by atoms with E-state index in [2.05, 4.69) is 61.8 Å². The number of hydrogen-bond acceptors (Lipinski definition) is 8. The third kappa shape index (κ3) is 5.59. The number of rotatable bonds is 5. The van der Waals surface area contributed by atoms with Gasteiger partial charge in [0.2, 0.25) is 0 Å². The number of thiophene rings is 1. The maximum absolute atomic E-state index is 12.3. The van der Waals surface area contributed by atoms with Crippen molar-refractivity contribution in [3.05, 3.63) is 77.6 Å². The molecule has 2 aliphatic rings. The number of carbonyl (C=O) groups excluding carboxylic acids is 1. The van der Waals surface area contributed by atoms with Gasteiger partial charge in [0.15, 0.2) is 5.82 Å². The zero-order chi connectivity index (χ0) is 27.6. The monoisotopic (exact) mass is 563 g/mol. The third-order valence-electron chi connectivity index (χ3n) is 7.48. The van der Waals surface area contributed by atoms with E-state index in [0.29, 0.717) is 13.0 Å². The Balaban J connectivity index is 1.03. The molecule has 0 spiro atoms. The van der Waals surface area contributed by atoms with Crippen molar-refractivity contribution in [2.75, 3.05) is 25.0 Å². The molecule has 2 aromatic carbocycles. The molecule has 2 saturated heterocycles. The number of amides is 1. The molecule has 10 heteroatoms. The van der Waals surface area contributed by atoms with Crippen LogP contribution in [0.25, 0.3) is 21.1 Å². The molecule has 206 valence electrons. The number of nitrogens with zero attached hydrogens (tertiary/aromatic N) is 5. The number of likely N-dealkylation sites (tertiary alicyclic amines) is 1. The summed E-state index contributed by atoms with van der Waals surface area (Å²) in [4.78, 5) is 24.0. The normalized spacial score (nSPS) is 18.5. The Kier molecular flexibility index (Phi) is 6.96. The van der Waals surface area contributed by atoms with E-state index in [9.17, 15) is 4.79 Å². The molecule has 0 radical (unpaired) electrons. The standard InChI is InChI=1S/C31H29N7O2S/c39-31(37-12-4-5-13-37)40-25-15-23(32-18-25)8-10-26-16-27-29(41-26)30(34-20-33-27)36-24-9-11-28-22(14-24)17-35-38(28)19-21-6-2-1-3-7-21/h1-3,6-7,9,11,14,16-17,20,23,25,32H,4-5,12-13,15,18-19H2,(H,33,34,36)/t23-,25-/m0/s1. The van der Waals surface area contributed by atoms with Crippen molar-refractivity contribution >= 4 is 50.1 Å². The molecular formula is C31H29N7O2S. The van der Waals surface area contributed by atoms with Crippen LogP contribution in [0.1, 0.15) is 29.7 Å². The van der Waals surface area contributed by atoms with Crippen molar-refractivity contribution in [3.63, 3.8) is 0 Å². The SMILES string of the molecule is O=C(O[C@@H]1CN[C@@H](C#Cc2cc3ncnc(Nc4ccc5c(cnn5Cc5ccccc5)c4)c3s2)C1)N1CCCC1. The lowest BCUT2D eigenvalue weighted by atomic mass is 10.2. The zero-order valence-corrected chi connectivity index (χ0v) is 23.2. The lowest BCUT2D eigenvalue weighted by Crippen LogP contribution is -2.32. The number of carbonyl (C=O) groups is 1. The topological polar surface area (TPSA) is 97.2 Å². The highest BCUT2D eigenvalue weighted by atomic mass is 32.1. The summed E-state index contributed by atoms with van der Waals surface area (Å²) >= 11 is 1.57. The number of aromatic nitrogens is 4. The molecule has 9 nitrogen and oxygen atoms in total. The predicted molar refractivity (Wildman–Crippen MR) is 160 cm³/mol. The maximum atomic E-state index is 12.3. The van der Waals surface area contributed by atoms with Crippen molar-refractivity contribution in [1.82, 2.24) is 30.0 Å². The Morgan fingerprint density at radius 2 is 2.00 bits per heavy atom. The third-order valence-corrected chi connectivity index (χ3v) is 8.53. The van der Waals surface area contributed by atoms with Crippen molar-refractivity contribution in [3.8, 4) is 11.8 Å². The molecule has 3 aromatic heterocycles. The van der Waals surface area contributed by atoms with Crippen LogP contribution >= 0.6 is 11.3 Å². The summed E-state index contributed by atoms with van der Waals surface area (Å²) < 4.78 is 8.65. The van der Waals surface area contributed by atoms with Gasteiger partial charge in [-0.05, 0) is 42.7 Å².